The third kappa shape index (κ3) is 2.43. The van der Waals surface area contributed by atoms with Gasteiger partial charge in [-0.2, -0.15) is 0 Å². The molecule has 0 atom stereocenters. The number of rotatable bonds is 3. The quantitative estimate of drug-likeness (QED) is 0.905. The largest absolute Gasteiger partial charge is 0.329 e. The van der Waals surface area contributed by atoms with Crippen LogP contribution in [0.1, 0.15) is 5.82 Å². The first-order valence-corrected chi connectivity index (χ1v) is 5.32. The third-order valence-corrected chi connectivity index (χ3v) is 2.51. The second-order valence-corrected chi connectivity index (χ2v) is 3.69. The summed E-state index contributed by atoms with van der Waals surface area (Å²) in [7, 11) is 1.70. The van der Waals surface area contributed by atoms with Crippen molar-refractivity contribution < 1.29 is 8.78 Å². The molecule has 0 amide bonds. The average Bonchev–Trinajstić information content (AvgIpc) is 2.41. The minimum atomic E-state index is -0.896. The van der Waals surface area contributed by atoms with Gasteiger partial charge in [0, 0.05) is 25.0 Å². The Bertz CT molecular complexity index is 560. The zero-order valence-corrected chi connectivity index (χ0v) is 9.77. The van der Waals surface area contributed by atoms with Gasteiger partial charge in [0.25, 0.3) is 0 Å². The van der Waals surface area contributed by atoms with Crippen molar-refractivity contribution in [1.82, 2.24) is 9.97 Å². The number of halogens is 2. The van der Waals surface area contributed by atoms with Gasteiger partial charge < -0.3 is 10.6 Å². The Morgan fingerprint density at radius 1 is 1.22 bits per heavy atom. The summed E-state index contributed by atoms with van der Waals surface area (Å²) in [6.07, 6.45) is 1.57. The molecule has 2 aromatic rings. The fourth-order valence-corrected chi connectivity index (χ4v) is 1.50. The van der Waals surface area contributed by atoms with Gasteiger partial charge in [0.15, 0.2) is 11.6 Å². The number of nitrogens with zero attached hydrogens (tertiary/aromatic N) is 3. The molecule has 2 rings (SSSR count). The first-order chi connectivity index (χ1) is 8.61. The highest BCUT2D eigenvalue weighted by atomic mass is 19.2. The topological polar surface area (TPSA) is 55.0 Å². The zero-order valence-electron chi connectivity index (χ0n) is 9.77. The van der Waals surface area contributed by atoms with Crippen molar-refractivity contribution in [1.29, 1.82) is 0 Å². The van der Waals surface area contributed by atoms with E-state index in [4.69, 9.17) is 5.73 Å². The maximum absolute atomic E-state index is 13.1. The molecule has 0 radical (unpaired) electrons. The van der Waals surface area contributed by atoms with E-state index in [0.717, 1.165) is 12.1 Å². The fourth-order valence-electron chi connectivity index (χ4n) is 1.50. The number of hydrogen-bond donors (Lipinski definition) is 1. The average molecular weight is 250 g/mol. The van der Waals surface area contributed by atoms with E-state index >= 15 is 0 Å². The highest BCUT2D eigenvalue weighted by Crippen LogP contribution is 2.23. The number of benzene rings is 1. The normalized spacial score (nSPS) is 10.4. The number of nitrogens with two attached hydrogens (primary N) is 1. The van der Waals surface area contributed by atoms with E-state index in [1.807, 2.05) is 0 Å². The SMILES string of the molecule is CN(c1ccc(F)c(F)c1)c1ccnc(CN)n1. The zero-order chi connectivity index (χ0) is 13.1. The minimum Gasteiger partial charge on any atom is -0.329 e. The predicted octanol–water partition coefficient (Wildman–Crippen LogP) is 1.98. The number of aromatic nitrogens is 2. The van der Waals surface area contributed by atoms with E-state index in [0.29, 0.717) is 17.3 Å². The monoisotopic (exact) mass is 250 g/mol. The van der Waals surface area contributed by atoms with E-state index in [1.54, 1.807) is 24.2 Å². The lowest BCUT2D eigenvalue weighted by atomic mass is 10.2. The van der Waals surface area contributed by atoms with Crippen LogP contribution in [0.5, 0.6) is 0 Å². The third-order valence-electron chi connectivity index (χ3n) is 2.51. The lowest BCUT2D eigenvalue weighted by molar-refractivity contribution is 0.509. The smallest absolute Gasteiger partial charge is 0.160 e. The molecule has 2 N–H and O–H groups in total. The summed E-state index contributed by atoms with van der Waals surface area (Å²) >= 11 is 0. The Balaban J connectivity index is 2.34. The van der Waals surface area contributed by atoms with Gasteiger partial charge in [-0.05, 0) is 18.2 Å². The van der Waals surface area contributed by atoms with Crippen LogP contribution in [0.2, 0.25) is 0 Å². The molecule has 0 saturated heterocycles. The van der Waals surface area contributed by atoms with Crippen LogP contribution in [0, 0.1) is 11.6 Å². The number of anilines is 2. The van der Waals surface area contributed by atoms with Gasteiger partial charge in [0.2, 0.25) is 0 Å². The molecular formula is C12H12F2N4. The van der Waals surface area contributed by atoms with Crippen molar-refractivity contribution in [2.45, 2.75) is 6.54 Å². The second-order valence-electron chi connectivity index (χ2n) is 3.69. The summed E-state index contributed by atoms with van der Waals surface area (Å²) in [5.41, 5.74) is 5.94. The molecule has 0 spiro atoms. The molecule has 0 aliphatic rings. The van der Waals surface area contributed by atoms with Crippen LogP contribution in [-0.2, 0) is 6.54 Å². The maximum atomic E-state index is 13.1. The second kappa shape index (κ2) is 5.05. The van der Waals surface area contributed by atoms with Crippen LogP contribution in [0.4, 0.5) is 20.3 Å². The molecule has 0 aliphatic carbocycles. The first-order valence-electron chi connectivity index (χ1n) is 5.32. The summed E-state index contributed by atoms with van der Waals surface area (Å²) in [5, 5.41) is 0. The lowest BCUT2D eigenvalue weighted by Gasteiger charge is -2.18. The maximum Gasteiger partial charge on any atom is 0.160 e. The highest BCUT2D eigenvalue weighted by molar-refractivity contribution is 5.58. The minimum absolute atomic E-state index is 0.222. The van der Waals surface area contributed by atoms with E-state index < -0.39 is 11.6 Å². The van der Waals surface area contributed by atoms with Gasteiger partial charge in [-0.1, -0.05) is 0 Å². The van der Waals surface area contributed by atoms with Gasteiger partial charge in [-0.25, -0.2) is 18.7 Å². The van der Waals surface area contributed by atoms with Crippen LogP contribution >= 0.6 is 0 Å². The van der Waals surface area contributed by atoms with E-state index in [2.05, 4.69) is 9.97 Å². The van der Waals surface area contributed by atoms with Gasteiger partial charge in [-0.15, -0.1) is 0 Å². The molecule has 0 aliphatic heterocycles. The summed E-state index contributed by atoms with van der Waals surface area (Å²) in [6.45, 7) is 0.222. The lowest BCUT2D eigenvalue weighted by Crippen LogP contribution is -2.14. The molecule has 0 bridgehead atoms. The molecule has 94 valence electrons. The van der Waals surface area contributed by atoms with Gasteiger partial charge in [-0.3, -0.25) is 0 Å². The molecule has 1 aromatic carbocycles. The van der Waals surface area contributed by atoms with Gasteiger partial charge in [0.1, 0.15) is 11.6 Å². The van der Waals surface area contributed by atoms with Crippen LogP contribution in [-0.4, -0.2) is 17.0 Å². The summed E-state index contributed by atoms with van der Waals surface area (Å²) in [5.74, 6) is -0.719. The van der Waals surface area contributed by atoms with Crippen molar-refractivity contribution in [2.75, 3.05) is 11.9 Å². The van der Waals surface area contributed by atoms with Crippen molar-refractivity contribution in [2.24, 2.45) is 5.73 Å². The van der Waals surface area contributed by atoms with Crippen molar-refractivity contribution in [3.05, 3.63) is 47.9 Å². The van der Waals surface area contributed by atoms with Gasteiger partial charge >= 0.3 is 0 Å². The molecule has 0 saturated carbocycles. The van der Waals surface area contributed by atoms with Crippen molar-refractivity contribution in [3.8, 4) is 0 Å². The Labute approximate surface area is 103 Å². The van der Waals surface area contributed by atoms with Crippen LogP contribution in [0.25, 0.3) is 0 Å². The summed E-state index contributed by atoms with van der Waals surface area (Å²) < 4.78 is 26.0. The Morgan fingerprint density at radius 2 is 2.00 bits per heavy atom. The molecule has 18 heavy (non-hydrogen) atoms. The molecule has 1 heterocycles. The van der Waals surface area contributed by atoms with E-state index in [9.17, 15) is 8.78 Å². The molecule has 0 fully saturated rings. The standard InChI is InChI=1S/C12H12F2N4/c1-18(8-2-3-9(13)10(14)6-8)12-4-5-16-11(7-15)17-12/h2-6H,7,15H2,1H3. The molecule has 1 aromatic heterocycles. The van der Waals surface area contributed by atoms with Crippen molar-refractivity contribution >= 4 is 11.5 Å². The Kier molecular flexibility index (Phi) is 3.47. The van der Waals surface area contributed by atoms with Gasteiger partial charge in [0.05, 0.1) is 6.54 Å². The van der Waals surface area contributed by atoms with E-state index in [1.165, 1.54) is 6.07 Å². The fraction of sp³-hybridized carbons (Fsp3) is 0.167. The van der Waals surface area contributed by atoms with Crippen molar-refractivity contribution in [3.63, 3.8) is 0 Å². The first kappa shape index (κ1) is 12.4. The summed E-state index contributed by atoms with van der Waals surface area (Å²) in [6, 6.07) is 5.33. The molecular weight excluding hydrogens is 238 g/mol. The molecule has 4 nitrogen and oxygen atoms in total. The van der Waals surface area contributed by atoms with Crippen LogP contribution < -0.4 is 10.6 Å². The Hall–Kier alpha value is -2.08. The Morgan fingerprint density at radius 3 is 2.67 bits per heavy atom. The summed E-state index contributed by atoms with van der Waals surface area (Å²) in [4.78, 5) is 9.79. The van der Waals surface area contributed by atoms with Crippen LogP contribution in [0.15, 0.2) is 30.5 Å². The number of hydrogen-bond acceptors (Lipinski definition) is 4. The molecule has 6 heteroatoms. The predicted molar refractivity (Wildman–Crippen MR) is 64.3 cm³/mol. The van der Waals surface area contributed by atoms with Crippen LogP contribution in [0.3, 0.4) is 0 Å². The highest BCUT2D eigenvalue weighted by Gasteiger charge is 2.09. The molecule has 0 unspecified atom stereocenters. The van der Waals surface area contributed by atoms with E-state index in [-0.39, 0.29) is 6.54 Å².